The summed E-state index contributed by atoms with van der Waals surface area (Å²) in [7, 11) is 1.63. The van der Waals surface area contributed by atoms with Crippen molar-refractivity contribution < 1.29 is 18.7 Å². The van der Waals surface area contributed by atoms with Gasteiger partial charge in [0.15, 0.2) is 5.82 Å². The lowest BCUT2D eigenvalue weighted by Crippen LogP contribution is -2.56. The van der Waals surface area contributed by atoms with Gasteiger partial charge in [-0.2, -0.15) is 10.4 Å². The number of halogens is 1. The molecule has 0 bridgehead atoms. The van der Waals surface area contributed by atoms with E-state index in [9.17, 15) is 14.9 Å². The monoisotopic (exact) mass is 524 g/mol. The molecule has 3 atom stereocenters. The lowest BCUT2D eigenvalue weighted by Gasteiger charge is -2.43. The average Bonchev–Trinajstić information content (AvgIpc) is 3.24. The summed E-state index contributed by atoms with van der Waals surface area (Å²) in [5.41, 5.74) is -0.436. The molecule has 38 heavy (non-hydrogen) atoms. The number of rotatable bonds is 6. The van der Waals surface area contributed by atoms with Crippen LogP contribution in [0, 0.1) is 11.3 Å². The Bertz CT molecular complexity index is 1400. The van der Waals surface area contributed by atoms with E-state index in [4.69, 9.17) is 9.47 Å². The van der Waals surface area contributed by atoms with Crippen LogP contribution in [0.15, 0.2) is 41.3 Å². The molecule has 1 aliphatic heterocycles. The number of hydrogen-bond acceptors (Lipinski definition) is 7. The van der Waals surface area contributed by atoms with E-state index < -0.39 is 29.0 Å². The zero-order valence-corrected chi connectivity index (χ0v) is 22.2. The van der Waals surface area contributed by atoms with Crippen molar-refractivity contribution in [2.45, 2.75) is 64.0 Å². The number of piperidine rings is 1. The summed E-state index contributed by atoms with van der Waals surface area (Å²) < 4.78 is 28.3. The molecule has 1 saturated heterocycles. The van der Waals surface area contributed by atoms with E-state index in [1.54, 1.807) is 33.9 Å². The van der Waals surface area contributed by atoms with Crippen LogP contribution in [0.2, 0.25) is 0 Å². The van der Waals surface area contributed by atoms with E-state index in [0.717, 1.165) is 5.56 Å². The molecule has 1 aliphatic rings. The van der Waals surface area contributed by atoms with E-state index in [-0.39, 0.29) is 43.2 Å². The summed E-state index contributed by atoms with van der Waals surface area (Å²) in [5, 5.41) is 17.8. The highest BCUT2D eigenvalue weighted by molar-refractivity contribution is 5.91. The van der Waals surface area contributed by atoms with Gasteiger partial charge in [-0.05, 0) is 57.9 Å². The highest BCUT2D eigenvalue weighted by Crippen LogP contribution is 2.39. The van der Waals surface area contributed by atoms with Crippen molar-refractivity contribution >= 4 is 28.5 Å². The number of pyridine rings is 1. The number of hydrogen-bond donors (Lipinski definition) is 2. The van der Waals surface area contributed by atoms with Gasteiger partial charge in [0.2, 0.25) is 0 Å². The molecule has 2 aromatic heterocycles. The predicted molar refractivity (Wildman–Crippen MR) is 141 cm³/mol. The van der Waals surface area contributed by atoms with E-state index in [0.29, 0.717) is 11.2 Å². The maximum absolute atomic E-state index is 16.1. The third-order valence-electron chi connectivity index (χ3n) is 6.84. The second kappa shape index (κ2) is 10.5. The van der Waals surface area contributed by atoms with Gasteiger partial charge in [-0.1, -0.05) is 12.1 Å². The van der Waals surface area contributed by atoms with E-state index in [1.165, 1.54) is 15.8 Å². The summed E-state index contributed by atoms with van der Waals surface area (Å²) in [4.78, 5) is 29.5. The minimum atomic E-state index is -1.63. The Morgan fingerprint density at radius 3 is 2.66 bits per heavy atom. The number of nitrogens with one attached hydrogen (secondary N) is 2. The topological polar surface area (TPSA) is 125 Å². The van der Waals surface area contributed by atoms with Gasteiger partial charge in [0, 0.05) is 25.5 Å². The molecule has 2 N–H and O–H groups in total. The molecule has 0 spiro atoms. The van der Waals surface area contributed by atoms with Crippen molar-refractivity contribution in [1.29, 1.82) is 5.26 Å². The number of likely N-dealkylation sites (tertiary alicyclic amines) is 1. The summed E-state index contributed by atoms with van der Waals surface area (Å²) in [5.74, 6) is 0.244. The third kappa shape index (κ3) is 5.22. The molecule has 1 fully saturated rings. The third-order valence-corrected chi connectivity index (χ3v) is 6.84. The van der Waals surface area contributed by atoms with Gasteiger partial charge in [-0.25, -0.2) is 9.18 Å². The Morgan fingerprint density at radius 1 is 1.34 bits per heavy atom. The quantitative estimate of drug-likeness (QED) is 0.476. The first-order valence-electron chi connectivity index (χ1n) is 12.5. The summed E-state index contributed by atoms with van der Waals surface area (Å²) in [6.45, 7) is 7.08. The first-order valence-corrected chi connectivity index (χ1v) is 12.5. The highest BCUT2D eigenvalue weighted by Gasteiger charge is 2.48. The molecule has 202 valence electrons. The van der Waals surface area contributed by atoms with Gasteiger partial charge in [-0.3, -0.25) is 9.48 Å². The van der Waals surface area contributed by atoms with Crippen LogP contribution in [0.3, 0.4) is 0 Å². The van der Waals surface area contributed by atoms with Crippen LogP contribution in [0.5, 0.6) is 0 Å². The first-order chi connectivity index (χ1) is 18.0. The van der Waals surface area contributed by atoms with Crippen LogP contribution in [0.25, 0.3) is 10.9 Å². The standard InChI is InChI=1S/C27H33FN6O4/c1-17(37-5)18-6-8-19(9-7-18)31-23-22-20(10-14-30-24(22)35)34(32-23)27(11-13-29)12-15-33(16-21(27)28)25(36)38-26(2,3)4/h6-10,14,17,21H,11-12,15-16H2,1-5H3,(H,30,35)(H,31,32). The van der Waals surface area contributed by atoms with Crippen LogP contribution in [0.4, 0.5) is 20.7 Å². The largest absolute Gasteiger partial charge is 0.444 e. The molecule has 4 rings (SSSR count). The van der Waals surface area contributed by atoms with E-state index >= 15 is 4.39 Å². The number of benzene rings is 1. The average molecular weight is 525 g/mol. The van der Waals surface area contributed by atoms with Crippen LogP contribution in [-0.4, -0.2) is 57.7 Å². The summed E-state index contributed by atoms with van der Waals surface area (Å²) in [6, 6.07) is 11.2. The van der Waals surface area contributed by atoms with Crippen LogP contribution >= 0.6 is 0 Å². The lowest BCUT2D eigenvalue weighted by molar-refractivity contribution is -0.0166. The molecule has 0 saturated carbocycles. The Balaban J connectivity index is 1.72. The highest BCUT2D eigenvalue weighted by atomic mass is 19.1. The molecule has 3 unspecified atom stereocenters. The predicted octanol–water partition coefficient (Wildman–Crippen LogP) is 4.76. The number of carbonyl (C=O) groups is 1. The molecule has 10 nitrogen and oxygen atoms in total. The lowest BCUT2D eigenvalue weighted by atomic mass is 9.83. The zero-order chi connectivity index (χ0) is 27.7. The maximum atomic E-state index is 16.1. The molecule has 1 amide bonds. The van der Waals surface area contributed by atoms with Crippen molar-refractivity contribution in [2.24, 2.45) is 0 Å². The SMILES string of the molecule is COC(C)c1ccc(Nc2nn(C3(CC#N)CCN(C(=O)OC(C)(C)C)CC3F)c3cc[nH]c(=O)c23)cc1. The zero-order valence-electron chi connectivity index (χ0n) is 22.2. The Morgan fingerprint density at radius 2 is 2.05 bits per heavy atom. The van der Waals surface area contributed by atoms with Gasteiger partial charge in [0.1, 0.15) is 22.7 Å². The molecule has 1 aromatic carbocycles. The van der Waals surface area contributed by atoms with Crippen molar-refractivity contribution in [3.63, 3.8) is 0 Å². The normalized spacial score (nSPS) is 20.7. The van der Waals surface area contributed by atoms with Gasteiger partial charge >= 0.3 is 6.09 Å². The van der Waals surface area contributed by atoms with Gasteiger partial charge in [-0.15, -0.1) is 0 Å². The van der Waals surface area contributed by atoms with Gasteiger partial charge in [0.05, 0.1) is 30.7 Å². The van der Waals surface area contributed by atoms with Crippen molar-refractivity contribution in [3.8, 4) is 6.07 Å². The number of amides is 1. The van der Waals surface area contributed by atoms with Gasteiger partial charge in [0.25, 0.3) is 5.56 Å². The summed E-state index contributed by atoms with van der Waals surface area (Å²) in [6.07, 6.45) is -0.923. The molecule has 0 radical (unpaired) electrons. The number of nitrogens with zero attached hydrogens (tertiary/aromatic N) is 4. The first kappa shape index (κ1) is 27.1. The Kier molecular flexibility index (Phi) is 7.47. The second-order valence-corrected chi connectivity index (χ2v) is 10.5. The number of alkyl halides is 1. The molecule has 3 aromatic rings. The van der Waals surface area contributed by atoms with E-state index in [1.807, 2.05) is 31.2 Å². The Hall–Kier alpha value is -3.91. The van der Waals surface area contributed by atoms with E-state index in [2.05, 4.69) is 21.5 Å². The van der Waals surface area contributed by atoms with Crippen LogP contribution < -0.4 is 10.9 Å². The molecule has 3 heterocycles. The number of nitriles is 1. The molecule has 0 aliphatic carbocycles. The molecule has 11 heteroatoms. The van der Waals surface area contributed by atoms with Crippen LogP contribution in [-0.2, 0) is 15.0 Å². The van der Waals surface area contributed by atoms with Crippen molar-refractivity contribution in [1.82, 2.24) is 19.7 Å². The van der Waals surface area contributed by atoms with Crippen molar-refractivity contribution in [2.75, 3.05) is 25.5 Å². The number of H-pyrrole nitrogens is 1. The Labute approximate surface area is 220 Å². The van der Waals surface area contributed by atoms with Crippen LogP contribution in [0.1, 0.15) is 52.2 Å². The fraction of sp³-hybridized carbons (Fsp3) is 0.481. The number of fused-ring (bicyclic) bond motifs is 1. The number of methoxy groups -OCH3 is 1. The number of ether oxygens (including phenoxy) is 2. The minimum Gasteiger partial charge on any atom is -0.444 e. The number of carbonyl (C=O) groups excluding carboxylic acids is 1. The minimum absolute atomic E-state index is 0.0780. The van der Waals surface area contributed by atoms with Gasteiger partial charge < -0.3 is 24.7 Å². The maximum Gasteiger partial charge on any atom is 0.410 e. The summed E-state index contributed by atoms with van der Waals surface area (Å²) >= 11 is 0. The number of aromatic nitrogens is 3. The number of aromatic amines is 1. The fourth-order valence-electron chi connectivity index (χ4n) is 4.70. The molecular formula is C27H33FN6O4. The second-order valence-electron chi connectivity index (χ2n) is 10.5. The molecular weight excluding hydrogens is 491 g/mol. The van der Waals surface area contributed by atoms with Crippen molar-refractivity contribution in [3.05, 3.63) is 52.4 Å². The smallest absolute Gasteiger partial charge is 0.410 e. The fourth-order valence-corrected chi connectivity index (χ4v) is 4.70. The number of anilines is 2.